The summed E-state index contributed by atoms with van der Waals surface area (Å²) in [5, 5.41) is 0. The van der Waals surface area contributed by atoms with Crippen molar-refractivity contribution in [1.82, 2.24) is 0 Å². The topological polar surface area (TPSA) is 26.0 Å². The van der Waals surface area contributed by atoms with Gasteiger partial charge in [-0.3, -0.25) is 0 Å². The van der Waals surface area contributed by atoms with E-state index < -0.39 is 0 Å². The first-order valence-corrected chi connectivity index (χ1v) is 6.63. The molecule has 1 aromatic rings. The third-order valence-electron chi connectivity index (χ3n) is 3.79. The third-order valence-corrected chi connectivity index (χ3v) is 3.79. The van der Waals surface area contributed by atoms with Crippen LogP contribution in [0.3, 0.4) is 0 Å². The molecule has 0 radical (unpaired) electrons. The van der Waals surface area contributed by atoms with Gasteiger partial charge in [-0.2, -0.15) is 0 Å². The summed E-state index contributed by atoms with van der Waals surface area (Å²) in [7, 11) is 0. The lowest BCUT2D eigenvalue weighted by Crippen LogP contribution is -2.05. The minimum Gasteiger partial charge on any atom is -0.330 e. The van der Waals surface area contributed by atoms with E-state index in [0.717, 1.165) is 13.0 Å². The van der Waals surface area contributed by atoms with Crippen molar-refractivity contribution in [2.45, 2.75) is 51.4 Å². The molecule has 1 heteroatoms. The van der Waals surface area contributed by atoms with Gasteiger partial charge < -0.3 is 5.73 Å². The summed E-state index contributed by atoms with van der Waals surface area (Å²) < 4.78 is 0. The zero-order chi connectivity index (χ0) is 11.4. The van der Waals surface area contributed by atoms with Crippen LogP contribution >= 0.6 is 0 Å². The van der Waals surface area contributed by atoms with Gasteiger partial charge in [-0.1, -0.05) is 31.5 Å². The maximum atomic E-state index is 5.63. The van der Waals surface area contributed by atoms with E-state index in [0.29, 0.717) is 5.92 Å². The average Bonchev–Trinajstić information content (AvgIpc) is 2.53. The molecule has 1 nitrogen and oxygen atoms in total. The Bertz CT molecular complexity index is 343. The molecular formula is C15H23N. The molecule has 0 amide bonds. The molecule has 1 aliphatic carbocycles. The highest BCUT2D eigenvalue weighted by atomic mass is 14.5. The number of rotatable bonds is 3. The molecular weight excluding hydrogens is 194 g/mol. The Morgan fingerprint density at radius 3 is 2.62 bits per heavy atom. The molecule has 16 heavy (non-hydrogen) atoms. The number of hydrogen-bond acceptors (Lipinski definition) is 1. The molecule has 0 heterocycles. The zero-order valence-corrected chi connectivity index (χ0v) is 10.3. The second kappa shape index (κ2) is 5.49. The van der Waals surface area contributed by atoms with E-state index in [1.165, 1.54) is 37.7 Å². The molecule has 1 aliphatic rings. The standard InChI is InChI=1S/C15H23N/c1-12(9-10-16)14-8-7-13-5-3-2-4-6-15(13)11-14/h7-8,11-12H,2-6,9-10,16H2,1H3. The summed E-state index contributed by atoms with van der Waals surface area (Å²) in [6, 6.07) is 7.09. The van der Waals surface area contributed by atoms with Crippen molar-refractivity contribution in [2.24, 2.45) is 5.73 Å². The molecule has 0 saturated carbocycles. The highest BCUT2D eigenvalue weighted by Crippen LogP contribution is 2.26. The van der Waals surface area contributed by atoms with Crippen LogP contribution in [0.25, 0.3) is 0 Å². The summed E-state index contributed by atoms with van der Waals surface area (Å²) >= 11 is 0. The first-order chi connectivity index (χ1) is 7.81. The van der Waals surface area contributed by atoms with E-state index in [-0.39, 0.29) is 0 Å². The van der Waals surface area contributed by atoms with Crippen molar-refractivity contribution in [1.29, 1.82) is 0 Å². The minimum absolute atomic E-state index is 0.610. The molecule has 1 atom stereocenters. The summed E-state index contributed by atoms with van der Waals surface area (Å²) in [5.41, 5.74) is 10.3. The summed E-state index contributed by atoms with van der Waals surface area (Å²) in [6.45, 7) is 3.07. The van der Waals surface area contributed by atoms with Gasteiger partial charge in [0.2, 0.25) is 0 Å². The van der Waals surface area contributed by atoms with Crippen molar-refractivity contribution in [3.05, 3.63) is 34.9 Å². The fraction of sp³-hybridized carbons (Fsp3) is 0.600. The molecule has 88 valence electrons. The van der Waals surface area contributed by atoms with Gasteiger partial charge in [-0.25, -0.2) is 0 Å². The van der Waals surface area contributed by atoms with Gasteiger partial charge in [0.1, 0.15) is 0 Å². The molecule has 0 fully saturated rings. The summed E-state index contributed by atoms with van der Waals surface area (Å²) in [5.74, 6) is 0.610. The molecule has 0 bridgehead atoms. The number of benzene rings is 1. The normalized spacial score (nSPS) is 17.6. The Hall–Kier alpha value is -0.820. The molecule has 0 saturated heterocycles. The SMILES string of the molecule is CC(CCN)c1ccc2c(c1)CCCCC2. The molecule has 1 unspecified atom stereocenters. The fourth-order valence-electron chi connectivity index (χ4n) is 2.65. The van der Waals surface area contributed by atoms with E-state index in [1.54, 1.807) is 11.1 Å². The largest absolute Gasteiger partial charge is 0.330 e. The highest BCUT2D eigenvalue weighted by Gasteiger charge is 2.11. The Morgan fingerprint density at radius 1 is 1.12 bits per heavy atom. The van der Waals surface area contributed by atoms with Gasteiger partial charge >= 0.3 is 0 Å². The number of fused-ring (bicyclic) bond motifs is 1. The second-order valence-corrected chi connectivity index (χ2v) is 5.07. The second-order valence-electron chi connectivity index (χ2n) is 5.07. The van der Waals surface area contributed by atoms with Crippen molar-refractivity contribution in [2.75, 3.05) is 6.54 Å². The van der Waals surface area contributed by atoms with Crippen LogP contribution in [0.2, 0.25) is 0 Å². The number of hydrogen-bond donors (Lipinski definition) is 1. The maximum Gasteiger partial charge on any atom is -0.00715 e. The van der Waals surface area contributed by atoms with Gasteiger partial charge in [-0.15, -0.1) is 0 Å². The first kappa shape index (κ1) is 11.7. The van der Waals surface area contributed by atoms with Crippen molar-refractivity contribution >= 4 is 0 Å². The third kappa shape index (κ3) is 2.65. The molecule has 0 spiro atoms. The fourth-order valence-corrected chi connectivity index (χ4v) is 2.65. The zero-order valence-electron chi connectivity index (χ0n) is 10.3. The predicted molar refractivity (Wildman–Crippen MR) is 69.8 cm³/mol. The van der Waals surface area contributed by atoms with Crippen LogP contribution in [0.5, 0.6) is 0 Å². The Kier molecular flexibility index (Phi) is 4.00. The quantitative estimate of drug-likeness (QED) is 0.771. The monoisotopic (exact) mass is 217 g/mol. The molecule has 2 rings (SSSR count). The highest BCUT2D eigenvalue weighted by molar-refractivity contribution is 5.34. The predicted octanol–water partition coefficient (Wildman–Crippen LogP) is 3.41. The van der Waals surface area contributed by atoms with E-state index in [1.807, 2.05) is 0 Å². The van der Waals surface area contributed by atoms with Crippen LogP contribution in [0.1, 0.15) is 55.2 Å². The number of nitrogens with two attached hydrogens (primary N) is 1. The van der Waals surface area contributed by atoms with E-state index in [2.05, 4.69) is 25.1 Å². The van der Waals surface area contributed by atoms with Crippen molar-refractivity contribution in [3.63, 3.8) is 0 Å². The lowest BCUT2D eigenvalue weighted by Gasteiger charge is -2.14. The van der Waals surface area contributed by atoms with Gasteiger partial charge in [-0.05, 0) is 61.3 Å². The summed E-state index contributed by atoms with van der Waals surface area (Å²) in [6.07, 6.45) is 7.77. The van der Waals surface area contributed by atoms with Crippen LogP contribution in [0, 0.1) is 0 Å². The van der Waals surface area contributed by atoms with Gasteiger partial charge in [0, 0.05) is 0 Å². The first-order valence-electron chi connectivity index (χ1n) is 6.63. The Balaban J connectivity index is 2.20. The Labute approximate surface area is 99.0 Å². The summed E-state index contributed by atoms with van der Waals surface area (Å²) in [4.78, 5) is 0. The van der Waals surface area contributed by atoms with Gasteiger partial charge in [0.15, 0.2) is 0 Å². The maximum absolute atomic E-state index is 5.63. The van der Waals surface area contributed by atoms with Crippen molar-refractivity contribution in [3.8, 4) is 0 Å². The van der Waals surface area contributed by atoms with Crippen LogP contribution in [-0.2, 0) is 12.8 Å². The minimum atomic E-state index is 0.610. The average molecular weight is 217 g/mol. The molecule has 1 aromatic carbocycles. The van der Waals surface area contributed by atoms with Crippen LogP contribution in [0.15, 0.2) is 18.2 Å². The van der Waals surface area contributed by atoms with E-state index in [9.17, 15) is 0 Å². The van der Waals surface area contributed by atoms with Crippen LogP contribution < -0.4 is 5.73 Å². The van der Waals surface area contributed by atoms with Gasteiger partial charge in [0.05, 0.1) is 0 Å². The van der Waals surface area contributed by atoms with Gasteiger partial charge in [0.25, 0.3) is 0 Å². The lowest BCUT2D eigenvalue weighted by atomic mass is 9.92. The van der Waals surface area contributed by atoms with Crippen LogP contribution in [-0.4, -0.2) is 6.54 Å². The van der Waals surface area contributed by atoms with Crippen molar-refractivity contribution < 1.29 is 0 Å². The van der Waals surface area contributed by atoms with E-state index >= 15 is 0 Å². The molecule has 2 N–H and O–H groups in total. The molecule has 0 aliphatic heterocycles. The molecule has 0 aromatic heterocycles. The Morgan fingerprint density at radius 2 is 1.88 bits per heavy atom. The lowest BCUT2D eigenvalue weighted by molar-refractivity contribution is 0.688. The number of aryl methyl sites for hydroxylation is 2. The van der Waals surface area contributed by atoms with Crippen LogP contribution in [0.4, 0.5) is 0 Å². The van der Waals surface area contributed by atoms with E-state index in [4.69, 9.17) is 5.73 Å². The smallest absolute Gasteiger partial charge is 0.00715 e.